The van der Waals surface area contributed by atoms with Gasteiger partial charge in [0.15, 0.2) is 0 Å². The highest BCUT2D eigenvalue weighted by Gasteiger charge is 2.17. The standard InChI is InChI=1S/C13H9BrN2O3/c14-8-4-5-9(13(18)19)10(7-8)12(17)16-11-3-1-2-6-15-11/h1-7H,(H,18,19)(H,15,16,17). The lowest BCUT2D eigenvalue weighted by molar-refractivity contribution is 0.0692. The number of carbonyl (C=O) groups is 2. The van der Waals surface area contributed by atoms with Gasteiger partial charge in [0.2, 0.25) is 0 Å². The Morgan fingerprint density at radius 1 is 1.16 bits per heavy atom. The number of amides is 1. The van der Waals surface area contributed by atoms with E-state index in [-0.39, 0.29) is 11.1 Å². The Morgan fingerprint density at radius 3 is 2.58 bits per heavy atom. The third kappa shape index (κ3) is 3.17. The molecule has 1 amide bonds. The summed E-state index contributed by atoms with van der Waals surface area (Å²) in [5.74, 6) is -1.31. The van der Waals surface area contributed by atoms with Crippen molar-refractivity contribution in [2.75, 3.05) is 5.32 Å². The number of aromatic nitrogens is 1. The van der Waals surface area contributed by atoms with Crippen molar-refractivity contribution in [1.82, 2.24) is 4.98 Å². The van der Waals surface area contributed by atoms with Crippen LogP contribution in [0.4, 0.5) is 5.82 Å². The summed E-state index contributed by atoms with van der Waals surface area (Å²) in [6, 6.07) is 9.47. The number of halogens is 1. The molecule has 19 heavy (non-hydrogen) atoms. The summed E-state index contributed by atoms with van der Waals surface area (Å²) in [6.45, 7) is 0. The van der Waals surface area contributed by atoms with Crippen LogP contribution in [0, 0.1) is 0 Å². The number of benzene rings is 1. The van der Waals surface area contributed by atoms with Crippen LogP contribution in [-0.4, -0.2) is 22.0 Å². The Balaban J connectivity index is 2.33. The van der Waals surface area contributed by atoms with Crippen LogP contribution in [0.3, 0.4) is 0 Å². The molecule has 0 spiro atoms. The predicted octanol–water partition coefficient (Wildman–Crippen LogP) is 2.79. The number of aromatic carboxylic acids is 1. The van der Waals surface area contributed by atoms with Crippen molar-refractivity contribution in [3.63, 3.8) is 0 Å². The van der Waals surface area contributed by atoms with Gasteiger partial charge in [-0.05, 0) is 30.3 Å². The van der Waals surface area contributed by atoms with E-state index in [4.69, 9.17) is 5.11 Å². The monoisotopic (exact) mass is 320 g/mol. The van der Waals surface area contributed by atoms with Crippen molar-refractivity contribution >= 4 is 33.6 Å². The third-order valence-corrected chi connectivity index (χ3v) is 2.86. The highest BCUT2D eigenvalue weighted by Crippen LogP contribution is 2.18. The molecule has 0 atom stereocenters. The Hall–Kier alpha value is -2.21. The van der Waals surface area contributed by atoms with Crippen molar-refractivity contribution < 1.29 is 14.7 Å². The fourth-order valence-corrected chi connectivity index (χ4v) is 1.87. The van der Waals surface area contributed by atoms with Gasteiger partial charge in [-0.3, -0.25) is 4.79 Å². The van der Waals surface area contributed by atoms with E-state index in [1.54, 1.807) is 24.3 Å². The Labute approximate surface area is 117 Å². The van der Waals surface area contributed by atoms with Crippen LogP contribution in [0.5, 0.6) is 0 Å². The molecule has 6 heteroatoms. The number of rotatable bonds is 3. The molecule has 2 aromatic rings. The van der Waals surface area contributed by atoms with Gasteiger partial charge in [0.25, 0.3) is 5.91 Å². The van der Waals surface area contributed by atoms with Gasteiger partial charge in [0, 0.05) is 10.7 Å². The molecule has 0 aliphatic heterocycles. The molecular formula is C13H9BrN2O3. The van der Waals surface area contributed by atoms with E-state index in [0.29, 0.717) is 10.3 Å². The van der Waals surface area contributed by atoms with E-state index >= 15 is 0 Å². The number of carboxylic acid groups (broad SMARTS) is 1. The van der Waals surface area contributed by atoms with E-state index in [1.165, 1.54) is 18.3 Å². The molecular weight excluding hydrogens is 312 g/mol. The second-order valence-electron chi connectivity index (χ2n) is 3.66. The quantitative estimate of drug-likeness (QED) is 0.911. The Bertz CT molecular complexity index is 629. The maximum Gasteiger partial charge on any atom is 0.336 e. The van der Waals surface area contributed by atoms with E-state index < -0.39 is 11.9 Å². The van der Waals surface area contributed by atoms with Crippen LogP contribution in [0.25, 0.3) is 0 Å². The SMILES string of the molecule is O=C(O)c1ccc(Br)cc1C(=O)Nc1ccccn1. The first kappa shape index (κ1) is 13.2. The predicted molar refractivity (Wildman–Crippen MR) is 73.3 cm³/mol. The molecule has 1 heterocycles. The second-order valence-corrected chi connectivity index (χ2v) is 4.58. The first-order valence-electron chi connectivity index (χ1n) is 5.33. The normalized spacial score (nSPS) is 9.95. The van der Waals surface area contributed by atoms with Gasteiger partial charge in [0.1, 0.15) is 5.82 Å². The fourth-order valence-electron chi connectivity index (χ4n) is 1.51. The molecule has 5 nitrogen and oxygen atoms in total. The van der Waals surface area contributed by atoms with Gasteiger partial charge in [-0.1, -0.05) is 22.0 Å². The maximum atomic E-state index is 12.1. The minimum Gasteiger partial charge on any atom is -0.478 e. The number of pyridine rings is 1. The van der Waals surface area contributed by atoms with Gasteiger partial charge in [-0.2, -0.15) is 0 Å². The highest BCUT2D eigenvalue weighted by molar-refractivity contribution is 9.10. The lowest BCUT2D eigenvalue weighted by atomic mass is 10.1. The van der Waals surface area contributed by atoms with E-state index in [0.717, 1.165) is 0 Å². The summed E-state index contributed by atoms with van der Waals surface area (Å²) in [6.07, 6.45) is 1.54. The molecule has 96 valence electrons. The van der Waals surface area contributed by atoms with Crippen LogP contribution in [0.2, 0.25) is 0 Å². The van der Waals surface area contributed by atoms with Crippen molar-refractivity contribution in [2.45, 2.75) is 0 Å². The van der Waals surface area contributed by atoms with Crippen LogP contribution >= 0.6 is 15.9 Å². The summed E-state index contributed by atoms with van der Waals surface area (Å²) in [5, 5.41) is 11.6. The molecule has 1 aromatic heterocycles. The molecule has 2 rings (SSSR count). The molecule has 0 saturated carbocycles. The second kappa shape index (κ2) is 5.62. The lowest BCUT2D eigenvalue weighted by Crippen LogP contribution is -2.17. The molecule has 1 aromatic carbocycles. The molecule has 2 N–H and O–H groups in total. The fraction of sp³-hybridized carbons (Fsp3) is 0. The zero-order chi connectivity index (χ0) is 13.8. The summed E-state index contributed by atoms with van der Waals surface area (Å²) in [4.78, 5) is 27.1. The number of hydrogen-bond donors (Lipinski definition) is 2. The molecule has 0 saturated heterocycles. The van der Waals surface area contributed by atoms with E-state index in [9.17, 15) is 9.59 Å². The molecule has 0 aliphatic rings. The third-order valence-electron chi connectivity index (χ3n) is 2.36. The average Bonchev–Trinajstić information content (AvgIpc) is 2.39. The minimum absolute atomic E-state index is 0.0587. The van der Waals surface area contributed by atoms with Gasteiger partial charge >= 0.3 is 5.97 Å². The van der Waals surface area contributed by atoms with Gasteiger partial charge in [-0.25, -0.2) is 9.78 Å². The summed E-state index contributed by atoms with van der Waals surface area (Å²) < 4.78 is 0.628. The van der Waals surface area contributed by atoms with E-state index in [2.05, 4.69) is 26.2 Å². The van der Waals surface area contributed by atoms with Crippen LogP contribution in [0.1, 0.15) is 20.7 Å². The summed E-state index contributed by atoms with van der Waals surface area (Å²) in [5.41, 5.74) is 0.0177. The average molecular weight is 321 g/mol. The zero-order valence-electron chi connectivity index (χ0n) is 9.63. The summed E-state index contributed by atoms with van der Waals surface area (Å²) in [7, 11) is 0. The maximum absolute atomic E-state index is 12.1. The van der Waals surface area contributed by atoms with Crippen molar-refractivity contribution in [3.8, 4) is 0 Å². The molecule has 0 unspecified atom stereocenters. The molecule has 0 fully saturated rings. The minimum atomic E-state index is -1.15. The smallest absolute Gasteiger partial charge is 0.336 e. The van der Waals surface area contributed by atoms with Gasteiger partial charge < -0.3 is 10.4 Å². The first-order chi connectivity index (χ1) is 9.08. The van der Waals surface area contributed by atoms with Crippen LogP contribution in [-0.2, 0) is 0 Å². The van der Waals surface area contributed by atoms with Crippen LogP contribution < -0.4 is 5.32 Å². The first-order valence-corrected chi connectivity index (χ1v) is 6.12. The summed E-state index contributed by atoms with van der Waals surface area (Å²) >= 11 is 3.21. The Kier molecular flexibility index (Phi) is 3.91. The van der Waals surface area contributed by atoms with E-state index in [1.807, 2.05) is 0 Å². The number of carbonyl (C=O) groups excluding carboxylic acids is 1. The van der Waals surface area contributed by atoms with Crippen LogP contribution in [0.15, 0.2) is 47.1 Å². The van der Waals surface area contributed by atoms with Crippen molar-refractivity contribution in [1.29, 1.82) is 0 Å². The van der Waals surface area contributed by atoms with Crippen molar-refractivity contribution in [3.05, 3.63) is 58.2 Å². The topological polar surface area (TPSA) is 79.3 Å². The molecule has 0 radical (unpaired) electrons. The number of nitrogens with one attached hydrogen (secondary N) is 1. The zero-order valence-corrected chi connectivity index (χ0v) is 11.2. The number of nitrogens with zero attached hydrogens (tertiary/aromatic N) is 1. The Morgan fingerprint density at radius 2 is 1.95 bits per heavy atom. The number of hydrogen-bond acceptors (Lipinski definition) is 3. The number of anilines is 1. The molecule has 0 bridgehead atoms. The van der Waals surface area contributed by atoms with Crippen molar-refractivity contribution in [2.24, 2.45) is 0 Å². The largest absolute Gasteiger partial charge is 0.478 e. The lowest BCUT2D eigenvalue weighted by Gasteiger charge is -2.07. The van der Waals surface area contributed by atoms with Gasteiger partial charge in [-0.15, -0.1) is 0 Å². The highest BCUT2D eigenvalue weighted by atomic mass is 79.9. The molecule has 0 aliphatic carbocycles. The van der Waals surface area contributed by atoms with Gasteiger partial charge in [0.05, 0.1) is 11.1 Å². The number of carboxylic acids is 1.